The van der Waals surface area contributed by atoms with E-state index in [1.165, 1.54) is 29.6 Å². The number of thioether (sulfide) groups is 1. The number of carbonyl (C=O) groups excluding carboxylic acids is 4. The Labute approximate surface area is 267 Å². The Kier molecular flexibility index (Phi) is 11.9. The molecular formula is C32H42N6O6S. The lowest BCUT2D eigenvalue weighted by molar-refractivity contribution is -0.143. The van der Waals surface area contributed by atoms with E-state index < -0.39 is 35.9 Å². The van der Waals surface area contributed by atoms with Gasteiger partial charge in [0.15, 0.2) is 5.16 Å². The summed E-state index contributed by atoms with van der Waals surface area (Å²) in [6.07, 6.45) is 5.61. The van der Waals surface area contributed by atoms with Gasteiger partial charge in [0.1, 0.15) is 23.8 Å². The normalized spacial score (nSPS) is 20.9. The Hall–Kier alpha value is -4.00. The number of carbonyl (C=O) groups is 5. The Morgan fingerprint density at radius 1 is 1.07 bits per heavy atom. The summed E-state index contributed by atoms with van der Waals surface area (Å²) in [5.74, 6) is -2.63. The number of hydrogen-bond donors (Lipinski definition) is 4. The van der Waals surface area contributed by atoms with Gasteiger partial charge in [-0.1, -0.05) is 55.9 Å². The summed E-state index contributed by atoms with van der Waals surface area (Å²) in [6, 6.07) is 8.59. The number of amides is 4. The molecule has 1 aromatic carbocycles. The van der Waals surface area contributed by atoms with E-state index in [1.54, 1.807) is 11.2 Å². The zero-order valence-corrected chi connectivity index (χ0v) is 26.7. The Balaban J connectivity index is 1.46. The first-order chi connectivity index (χ1) is 21.6. The molecule has 13 heteroatoms. The van der Waals surface area contributed by atoms with Crippen molar-refractivity contribution >= 4 is 41.4 Å². The van der Waals surface area contributed by atoms with Crippen molar-refractivity contribution in [2.45, 2.75) is 94.0 Å². The van der Waals surface area contributed by atoms with Gasteiger partial charge in [-0.25, -0.2) is 9.97 Å². The van der Waals surface area contributed by atoms with Crippen molar-refractivity contribution in [3.63, 3.8) is 0 Å². The van der Waals surface area contributed by atoms with E-state index in [1.807, 2.05) is 32.0 Å². The number of rotatable bonds is 14. The van der Waals surface area contributed by atoms with Gasteiger partial charge in [-0.3, -0.25) is 24.0 Å². The molecule has 4 amide bonds. The molecule has 4 N–H and O–H groups in total. The van der Waals surface area contributed by atoms with Gasteiger partial charge in [-0.2, -0.15) is 0 Å². The van der Waals surface area contributed by atoms with Crippen molar-refractivity contribution in [1.82, 2.24) is 30.8 Å². The van der Waals surface area contributed by atoms with Crippen LogP contribution in [0.15, 0.2) is 47.8 Å². The lowest BCUT2D eigenvalue weighted by Gasteiger charge is -2.33. The summed E-state index contributed by atoms with van der Waals surface area (Å²) in [4.78, 5) is 75.1. The van der Waals surface area contributed by atoms with Crippen LogP contribution < -0.4 is 16.0 Å². The number of aliphatic carboxylic acids is 1. The lowest BCUT2D eigenvalue weighted by atomic mass is 10.0. The molecule has 2 aliphatic rings. The minimum atomic E-state index is -1.22. The van der Waals surface area contributed by atoms with Crippen LogP contribution >= 0.6 is 11.8 Å². The van der Waals surface area contributed by atoms with Gasteiger partial charge in [0.25, 0.3) is 5.91 Å². The van der Waals surface area contributed by atoms with E-state index in [0.717, 1.165) is 6.42 Å². The highest BCUT2D eigenvalue weighted by Gasteiger charge is 2.43. The quantitative estimate of drug-likeness (QED) is 0.179. The van der Waals surface area contributed by atoms with Gasteiger partial charge < -0.3 is 26.0 Å². The molecule has 2 fully saturated rings. The topological polar surface area (TPSA) is 171 Å². The molecule has 1 saturated carbocycles. The summed E-state index contributed by atoms with van der Waals surface area (Å²) in [5.41, 5.74) is 1.21. The predicted molar refractivity (Wildman–Crippen MR) is 168 cm³/mol. The van der Waals surface area contributed by atoms with Crippen molar-refractivity contribution in [2.75, 3.05) is 12.8 Å². The number of hydrogen-bond acceptors (Lipinski definition) is 8. The van der Waals surface area contributed by atoms with Gasteiger partial charge in [0, 0.05) is 31.1 Å². The molecule has 4 rings (SSSR count). The molecule has 1 saturated heterocycles. The van der Waals surface area contributed by atoms with Gasteiger partial charge in [-0.05, 0) is 62.3 Å². The molecule has 0 radical (unpaired) electrons. The molecule has 0 bridgehead atoms. The van der Waals surface area contributed by atoms with Crippen LogP contribution in [-0.4, -0.2) is 86.5 Å². The first-order valence-electron chi connectivity index (χ1n) is 15.4. The van der Waals surface area contributed by atoms with Crippen LogP contribution in [0.5, 0.6) is 0 Å². The van der Waals surface area contributed by atoms with Crippen LogP contribution in [0.3, 0.4) is 0 Å². The first-order valence-corrected chi connectivity index (χ1v) is 16.7. The molecule has 1 unspecified atom stereocenters. The largest absolute Gasteiger partial charge is 0.481 e. The lowest BCUT2D eigenvalue weighted by Crippen LogP contribution is -2.57. The maximum absolute atomic E-state index is 13.9. The molecule has 2 heterocycles. The highest BCUT2D eigenvalue weighted by Crippen LogP contribution is 2.40. The third-order valence-electron chi connectivity index (χ3n) is 8.08. The van der Waals surface area contributed by atoms with E-state index in [4.69, 9.17) is 0 Å². The Bertz CT molecular complexity index is 1370. The highest BCUT2D eigenvalue weighted by molar-refractivity contribution is 7.98. The first kappa shape index (κ1) is 33.9. The van der Waals surface area contributed by atoms with E-state index in [2.05, 4.69) is 38.1 Å². The highest BCUT2D eigenvalue weighted by atomic mass is 32.2. The minimum absolute atomic E-state index is 0.00707. The second-order valence-electron chi connectivity index (χ2n) is 12.0. The van der Waals surface area contributed by atoms with E-state index in [-0.39, 0.29) is 48.2 Å². The van der Waals surface area contributed by atoms with E-state index >= 15 is 0 Å². The van der Waals surface area contributed by atoms with Crippen LogP contribution in [0.4, 0.5) is 0 Å². The van der Waals surface area contributed by atoms with Crippen LogP contribution in [-0.2, 0) is 19.2 Å². The van der Waals surface area contributed by atoms with Crippen LogP contribution in [0, 0.1) is 5.92 Å². The molecular weight excluding hydrogens is 596 g/mol. The van der Waals surface area contributed by atoms with E-state index in [0.29, 0.717) is 37.4 Å². The number of aromatic nitrogens is 2. The van der Waals surface area contributed by atoms with E-state index in [9.17, 15) is 29.1 Å². The van der Waals surface area contributed by atoms with Gasteiger partial charge in [-0.15, -0.1) is 0 Å². The zero-order chi connectivity index (χ0) is 32.5. The predicted octanol–water partition coefficient (Wildman–Crippen LogP) is 2.75. The third-order valence-corrected chi connectivity index (χ3v) is 8.64. The monoisotopic (exact) mass is 638 g/mol. The SMILES string of the molecule is CSc1nccc(C(=O)N[C@@H](CCC(=O)O)C(=O)NC2CCCCN([C@@H](CC(C)C)C(=O)N[C@H]3C[C@@H]3c3ccccc3)C2=O)n1. The molecule has 0 spiro atoms. The molecule has 1 aromatic heterocycles. The number of nitrogens with zero attached hydrogens (tertiary/aromatic N) is 3. The molecule has 2 aromatic rings. The average Bonchev–Trinajstić information content (AvgIpc) is 3.82. The van der Waals surface area contributed by atoms with Gasteiger partial charge in [0.2, 0.25) is 17.7 Å². The molecule has 45 heavy (non-hydrogen) atoms. The zero-order valence-electron chi connectivity index (χ0n) is 25.9. The Morgan fingerprint density at radius 3 is 2.51 bits per heavy atom. The van der Waals surface area contributed by atoms with Crippen LogP contribution in [0.25, 0.3) is 0 Å². The molecule has 1 aliphatic carbocycles. The Morgan fingerprint density at radius 2 is 1.82 bits per heavy atom. The second-order valence-corrected chi connectivity index (χ2v) is 12.8. The fourth-order valence-electron chi connectivity index (χ4n) is 5.64. The standard InChI is InChI=1S/C32H42N6O6S/c1-19(2)17-26(30(43)36-25-18-21(25)20-9-5-4-6-10-20)38-16-8-7-11-24(31(38)44)35-28(41)22(12-13-27(39)40)34-29(42)23-14-15-33-32(37-23)45-3/h4-6,9-10,14-15,19,21-22,24-26H,7-8,11-13,16-18H2,1-3H3,(H,34,42)(H,35,41)(H,36,43)(H,39,40)/t21-,22+,24?,25+,26+/m1/s1. The number of nitrogens with one attached hydrogen (secondary N) is 3. The maximum Gasteiger partial charge on any atom is 0.303 e. The smallest absolute Gasteiger partial charge is 0.303 e. The average molecular weight is 639 g/mol. The fraction of sp³-hybridized carbons (Fsp3) is 0.531. The summed E-state index contributed by atoms with van der Waals surface area (Å²) in [7, 11) is 0. The van der Waals surface area contributed by atoms with Gasteiger partial charge >= 0.3 is 5.97 Å². The van der Waals surface area contributed by atoms with Crippen molar-refractivity contribution in [3.8, 4) is 0 Å². The second kappa shape index (κ2) is 15.8. The van der Waals surface area contributed by atoms with Crippen LogP contribution in [0.2, 0.25) is 0 Å². The van der Waals surface area contributed by atoms with Crippen molar-refractivity contribution in [1.29, 1.82) is 0 Å². The molecule has 12 nitrogen and oxygen atoms in total. The van der Waals surface area contributed by atoms with Crippen molar-refractivity contribution in [2.24, 2.45) is 5.92 Å². The van der Waals surface area contributed by atoms with Crippen molar-refractivity contribution < 1.29 is 29.1 Å². The number of benzene rings is 1. The van der Waals surface area contributed by atoms with Gasteiger partial charge in [0.05, 0.1) is 0 Å². The number of carboxylic acid groups (broad SMARTS) is 1. The summed E-state index contributed by atoms with van der Waals surface area (Å²) >= 11 is 1.25. The number of likely N-dealkylation sites (tertiary alicyclic amines) is 1. The third kappa shape index (κ3) is 9.49. The molecule has 5 atom stereocenters. The maximum atomic E-state index is 13.9. The fourth-order valence-corrected chi connectivity index (χ4v) is 5.99. The molecule has 242 valence electrons. The molecule has 1 aliphatic heterocycles. The van der Waals surface area contributed by atoms with Crippen LogP contribution in [0.1, 0.15) is 80.8 Å². The summed E-state index contributed by atoms with van der Waals surface area (Å²) in [5, 5.41) is 18.1. The summed E-state index contributed by atoms with van der Waals surface area (Å²) < 4.78 is 0. The summed E-state index contributed by atoms with van der Waals surface area (Å²) in [6.45, 7) is 4.38. The van der Waals surface area contributed by atoms with Crippen molar-refractivity contribution in [3.05, 3.63) is 53.9 Å². The number of carboxylic acids is 1. The minimum Gasteiger partial charge on any atom is -0.481 e.